The maximum absolute atomic E-state index is 13.1. The second kappa shape index (κ2) is 69.2. The summed E-state index contributed by atoms with van der Waals surface area (Å²) in [5.74, 6) is -1.25. The summed E-state index contributed by atoms with van der Waals surface area (Å²) in [6.45, 7) is 7.27. The van der Waals surface area contributed by atoms with Gasteiger partial charge in [-0.3, -0.25) is 37.3 Å². The van der Waals surface area contributed by atoms with Gasteiger partial charge in [-0.15, -0.1) is 0 Å². The van der Waals surface area contributed by atoms with E-state index in [-0.39, 0.29) is 25.7 Å². The molecule has 0 aromatic carbocycles. The molecule has 0 spiro atoms. The van der Waals surface area contributed by atoms with E-state index in [0.717, 1.165) is 102 Å². The lowest BCUT2D eigenvalue weighted by Gasteiger charge is -2.21. The molecular weight excluding hydrogens is 1250 g/mol. The predicted octanol–water partition coefficient (Wildman–Crippen LogP) is 22.5. The topological polar surface area (TPSA) is 237 Å². The summed E-state index contributed by atoms with van der Waals surface area (Å²) in [7, 11) is -9.90. The Morgan fingerprint density at radius 1 is 0.295 bits per heavy atom. The fraction of sp³-hybridized carbons (Fsp3) is 0.947. The molecule has 0 saturated carbocycles. The lowest BCUT2D eigenvalue weighted by Crippen LogP contribution is -2.30. The van der Waals surface area contributed by atoms with Crippen LogP contribution in [0.3, 0.4) is 0 Å². The number of hydrogen-bond donors (Lipinski definition) is 3. The maximum atomic E-state index is 13.1. The van der Waals surface area contributed by atoms with E-state index in [1.165, 1.54) is 218 Å². The number of carbonyl (C=O) groups excluding carboxylic acids is 4. The number of phosphoric ester groups is 2. The minimum absolute atomic E-state index is 0.107. The van der Waals surface area contributed by atoms with Crippen molar-refractivity contribution in [1.82, 2.24) is 0 Å². The van der Waals surface area contributed by atoms with Gasteiger partial charge in [0, 0.05) is 25.7 Å². The zero-order valence-corrected chi connectivity index (χ0v) is 63.6. The maximum Gasteiger partial charge on any atom is 0.472 e. The molecule has 0 saturated heterocycles. The van der Waals surface area contributed by atoms with Gasteiger partial charge in [0.15, 0.2) is 12.2 Å². The number of rotatable bonds is 76. The van der Waals surface area contributed by atoms with Crippen molar-refractivity contribution >= 4 is 39.5 Å². The molecule has 0 aliphatic carbocycles. The number of phosphoric acid groups is 2. The van der Waals surface area contributed by atoms with Gasteiger partial charge < -0.3 is 33.8 Å². The smallest absolute Gasteiger partial charge is 0.462 e. The second-order valence-electron chi connectivity index (χ2n) is 27.6. The van der Waals surface area contributed by atoms with Crippen LogP contribution in [0.2, 0.25) is 0 Å². The van der Waals surface area contributed by atoms with Gasteiger partial charge in [-0.2, -0.15) is 0 Å². The number of unbranched alkanes of at least 4 members (excludes halogenated alkanes) is 47. The lowest BCUT2D eigenvalue weighted by molar-refractivity contribution is -0.161. The Morgan fingerprint density at radius 3 is 0.747 bits per heavy atom. The summed E-state index contributed by atoms with van der Waals surface area (Å²) in [4.78, 5) is 72.5. The first kappa shape index (κ1) is 93.1. The fourth-order valence-electron chi connectivity index (χ4n) is 11.7. The lowest BCUT2D eigenvalue weighted by atomic mass is 9.99. The van der Waals surface area contributed by atoms with Crippen LogP contribution < -0.4 is 0 Å². The van der Waals surface area contributed by atoms with Gasteiger partial charge >= 0.3 is 39.5 Å². The molecule has 3 N–H and O–H groups in total. The van der Waals surface area contributed by atoms with Gasteiger partial charge in [-0.25, -0.2) is 9.13 Å². The van der Waals surface area contributed by atoms with Crippen LogP contribution in [0.15, 0.2) is 0 Å². The molecule has 0 aliphatic rings. The zero-order chi connectivity index (χ0) is 69.8. The number of hydrogen-bond acceptors (Lipinski definition) is 15. The van der Waals surface area contributed by atoms with Crippen LogP contribution in [0.4, 0.5) is 0 Å². The fourth-order valence-corrected chi connectivity index (χ4v) is 13.3. The highest BCUT2D eigenvalue weighted by Crippen LogP contribution is 2.45. The highest BCUT2D eigenvalue weighted by molar-refractivity contribution is 7.47. The number of aliphatic hydroxyl groups is 1. The van der Waals surface area contributed by atoms with Crippen molar-refractivity contribution < 1.29 is 80.2 Å². The normalized spacial score (nSPS) is 14.2. The molecule has 6 atom stereocenters. The van der Waals surface area contributed by atoms with Gasteiger partial charge in [0.1, 0.15) is 19.3 Å². The number of aliphatic hydroxyl groups excluding tert-OH is 1. The van der Waals surface area contributed by atoms with Gasteiger partial charge in [-0.1, -0.05) is 349 Å². The van der Waals surface area contributed by atoms with Crippen LogP contribution in [-0.4, -0.2) is 96.7 Å². The predicted molar refractivity (Wildman–Crippen MR) is 386 cm³/mol. The first-order chi connectivity index (χ1) is 46.1. The molecule has 19 heteroatoms. The Balaban J connectivity index is 5.11. The molecule has 0 aromatic heterocycles. The van der Waals surface area contributed by atoms with Crippen LogP contribution in [0, 0.1) is 5.92 Å². The highest BCUT2D eigenvalue weighted by Gasteiger charge is 2.30. The SMILES string of the molecule is CCCCCCCCCCCCCCCCCC(=O)OC[C@H](COP(=O)(O)OC[C@@H](O)COP(=O)(O)OC[C@@H](COC(=O)CCCCCCC)OC(=O)CCCCCCCCCCCCCCC)OC(=O)CCCCCCCCCCCCCCCCCCCCC(C)CC. The molecule has 95 heavy (non-hydrogen) atoms. The standard InChI is InChI=1S/C76H148O17P2/c1-6-10-13-16-18-20-22-24-29-34-37-41-45-50-55-60-74(79)87-66-72(93-76(81)62-57-52-47-43-39-35-31-28-26-25-27-30-33-36-40-44-49-53-58-69(5)9-4)68-91-95(84,85)89-64-70(77)63-88-94(82,83)90-67-71(65-86-73(78)59-54-48-15-12-8-3)92-75(80)61-56-51-46-42-38-32-23-21-19-17-14-11-7-2/h69-72,77H,6-68H2,1-5H3,(H,82,83)(H,84,85)/t69?,70-,71+,72+/m0/s1. The molecule has 3 unspecified atom stereocenters. The third-order valence-electron chi connectivity index (χ3n) is 18.1. The molecule has 0 radical (unpaired) electrons. The van der Waals surface area contributed by atoms with Gasteiger partial charge in [0.05, 0.1) is 26.4 Å². The molecule has 0 aliphatic heterocycles. The van der Waals surface area contributed by atoms with Gasteiger partial charge in [0.2, 0.25) is 0 Å². The third kappa shape index (κ3) is 69.0. The van der Waals surface area contributed by atoms with E-state index in [0.29, 0.717) is 25.7 Å². The average Bonchev–Trinajstić information content (AvgIpc) is 2.73. The summed E-state index contributed by atoms with van der Waals surface area (Å²) in [5, 5.41) is 10.6. The molecule has 0 amide bonds. The summed E-state index contributed by atoms with van der Waals surface area (Å²) in [6.07, 6.45) is 58.6. The second-order valence-corrected chi connectivity index (χ2v) is 30.5. The Bertz CT molecular complexity index is 1820. The van der Waals surface area contributed by atoms with Crippen molar-refractivity contribution in [2.24, 2.45) is 5.92 Å². The van der Waals surface area contributed by atoms with Crippen LogP contribution in [0.1, 0.15) is 401 Å². The van der Waals surface area contributed by atoms with E-state index >= 15 is 0 Å². The van der Waals surface area contributed by atoms with Crippen LogP contribution >= 0.6 is 15.6 Å². The highest BCUT2D eigenvalue weighted by atomic mass is 31.2. The molecule has 0 bridgehead atoms. The summed E-state index contributed by atoms with van der Waals surface area (Å²) in [6, 6.07) is 0. The molecule has 564 valence electrons. The quantitative estimate of drug-likeness (QED) is 0.0222. The first-order valence-corrected chi connectivity index (χ1v) is 42.7. The molecule has 0 fully saturated rings. The Morgan fingerprint density at radius 2 is 0.505 bits per heavy atom. The Hall–Kier alpha value is -1.94. The summed E-state index contributed by atoms with van der Waals surface area (Å²) >= 11 is 0. The molecule has 17 nitrogen and oxygen atoms in total. The van der Waals surface area contributed by atoms with Gasteiger partial charge in [0.25, 0.3) is 0 Å². The van der Waals surface area contributed by atoms with Crippen molar-refractivity contribution in [2.45, 2.75) is 419 Å². The largest absolute Gasteiger partial charge is 0.472 e. The van der Waals surface area contributed by atoms with E-state index in [4.69, 9.17) is 37.0 Å². The number of carbonyl (C=O) groups is 4. The molecular formula is C76H148O17P2. The minimum atomic E-state index is -4.95. The van der Waals surface area contributed by atoms with Gasteiger partial charge in [-0.05, 0) is 31.6 Å². The van der Waals surface area contributed by atoms with E-state index in [1.54, 1.807) is 0 Å². The van der Waals surface area contributed by atoms with Crippen molar-refractivity contribution in [3.8, 4) is 0 Å². The van der Waals surface area contributed by atoms with Crippen molar-refractivity contribution in [3.63, 3.8) is 0 Å². The zero-order valence-electron chi connectivity index (χ0n) is 61.8. The average molecular weight is 1400 g/mol. The number of esters is 4. The Labute approximate surface area is 581 Å². The summed E-state index contributed by atoms with van der Waals surface area (Å²) < 4.78 is 68.3. The van der Waals surface area contributed by atoms with E-state index in [9.17, 15) is 43.2 Å². The third-order valence-corrected chi connectivity index (χ3v) is 20.0. The van der Waals surface area contributed by atoms with Crippen molar-refractivity contribution in [1.29, 1.82) is 0 Å². The van der Waals surface area contributed by atoms with E-state index in [2.05, 4.69) is 34.6 Å². The van der Waals surface area contributed by atoms with E-state index < -0.39 is 97.5 Å². The van der Waals surface area contributed by atoms with Crippen LogP contribution in [0.5, 0.6) is 0 Å². The monoisotopic (exact) mass is 1400 g/mol. The van der Waals surface area contributed by atoms with E-state index in [1.807, 2.05) is 0 Å². The van der Waals surface area contributed by atoms with Crippen LogP contribution in [-0.2, 0) is 65.4 Å². The molecule has 0 heterocycles. The first-order valence-electron chi connectivity index (χ1n) is 39.7. The Kier molecular flexibility index (Phi) is 67.7. The number of ether oxygens (including phenoxy) is 4. The minimum Gasteiger partial charge on any atom is -0.462 e. The van der Waals surface area contributed by atoms with Crippen LogP contribution in [0.25, 0.3) is 0 Å². The van der Waals surface area contributed by atoms with Crippen molar-refractivity contribution in [3.05, 3.63) is 0 Å². The molecule has 0 aromatic rings. The summed E-state index contributed by atoms with van der Waals surface area (Å²) in [5.41, 5.74) is 0. The molecule has 0 rings (SSSR count). The van der Waals surface area contributed by atoms with Crippen molar-refractivity contribution in [2.75, 3.05) is 39.6 Å².